The van der Waals surface area contributed by atoms with E-state index in [1.165, 1.54) is 31.2 Å². The van der Waals surface area contributed by atoms with Gasteiger partial charge in [0, 0.05) is 18.3 Å². The number of nitrogen functional groups attached to an aromatic ring is 1. The average molecular weight is 246 g/mol. The fourth-order valence-electron chi connectivity index (χ4n) is 3.18. The van der Waals surface area contributed by atoms with E-state index in [4.69, 9.17) is 5.73 Å². The SMILES string of the molecule is CC1CCCCC1N(C)CCc1ccccc1N. The number of hydrogen-bond donors (Lipinski definition) is 1. The summed E-state index contributed by atoms with van der Waals surface area (Å²) in [6.45, 7) is 3.51. The first-order valence-corrected chi connectivity index (χ1v) is 7.22. The molecule has 0 spiro atoms. The number of benzene rings is 1. The zero-order chi connectivity index (χ0) is 13.0. The van der Waals surface area contributed by atoms with E-state index in [1.54, 1.807) is 0 Å². The molecule has 0 bridgehead atoms. The Kier molecular flexibility index (Phi) is 4.65. The van der Waals surface area contributed by atoms with E-state index in [1.807, 2.05) is 12.1 Å². The van der Waals surface area contributed by atoms with E-state index in [0.717, 1.165) is 30.6 Å². The first-order chi connectivity index (χ1) is 8.68. The summed E-state index contributed by atoms with van der Waals surface area (Å²) in [4.78, 5) is 2.54. The number of hydrogen-bond acceptors (Lipinski definition) is 2. The minimum atomic E-state index is 0.767. The quantitative estimate of drug-likeness (QED) is 0.826. The van der Waals surface area contributed by atoms with Gasteiger partial charge in [0.25, 0.3) is 0 Å². The van der Waals surface area contributed by atoms with Crippen molar-refractivity contribution in [1.29, 1.82) is 0 Å². The molecule has 1 saturated carbocycles. The van der Waals surface area contributed by atoms with Crippen LogP contribution in [0.5, 0.6) is 0 Å². The number of rotatable bonds is 4. The van der Waals surface area contributed by atoms with E-state index in [9.17, 15) is 0 Å². The van der Waals surface area contributed by atoms with Gasteiger partial charge in [-0.2, -0.15) is 0 Å². The maximum Gasteiger partial charge on any atom is 0.0347 e. The van der Waals surface area contributed by atoms with Gasteiger partial charge in [0.1, 0.15) is 0 Å². The molecular formula is C16H26N2. The van der Waals surface area contributed by atoms with Crippen molar-refractivity contribution in [3.63, 3.8) is 0 Å². The maximum absolute atomic E-state index is 5.99. The average Bonchev–Trinajstić information content (AvgIpc) is 2.38. The third-order valence-corrected chi connectivity index (χ3v) is 4.42. The van der Waals surface area contributed by atoms with Crippen molar-refractivity contribution in [3.05, 3.63) is 29.8 Å². The van der Waals surface area contributed by atoms with Crippen LogP contribution in [-0.4, -0.2) is 24.5 Å². The van der Waals surface area contributed by atoms with Gasteiger partial charge in [-0.25, -0.2) is 0 Å². The number of nitrogens with zero attached hydrogens (tertiary/aromatic N) is 1. The lowest BCUT2D eigenvalue weighted by Gasteiger charge is -2.36. The largest absolute Gasteiger partial charge is 0.399 e. The summed E-state index contributed by atoms with van der Waals surface area (Å²) in [5.74, 6) is 0.844. The highest BCUT2D eigenvalue weighted by atomic mass is 15.1. The molecule has 0 aromatic heterocycles. The van der Waals surface area contributed by atoms with Crippen molar-refractivity contribution in [1.82, 2.24) is 4.90 Å². The van der Waals surface area contributed by atoms with Gasteiger partial charge < -0.3 is 10.6 Å². The molecule has 1 aliphatic rings. The second kappa shape index (κ2) is 6.24. The number of likely N-dealkylation sites (N-methyl/N-ethyl adjacent to an activating group) is 1. The van der Waals surface area contributed by atoms with Gasteiger partial charge in [0.05, 0.1) is 0 Å². The molecule has 0 radical (unpaired) electrons. The van der Waals surface area contributed by atoms with Gasteiger partial charge >= 0.3 is 0 Å². The molecule has 0 saturated heterocycles. The molecule has 1 aliphatic carbocycles. The monoisotopic (exact) mass is 246 g/mol. The van der Waals surface area contributed by atoms with Crippen LogP contribution in [-0.2, 0) is 6.42 Å². The Bertz CT molecular complexity index is 375. The fraction of sp³-hybridized carbons (Fsp3) is 0.625. The summed E-state index contributed by atoms with van der Waals surface area (Å²) >= 11 is 0. The second-order valence-electron chi connectivity index (χ2n) is 5.76. The molecule has 2 N–H and O–H groups in total. The Hall–Kier alpha value is -1.02. The van der Waals surface area contributed by atoms with Crippen LogP contribution in [0.2, 0.25) is 0 Å². The minimum absolute atomic E-state index is 0.767. The zero-order valence-corrected chi connectivity index (χ0v) is 11.7. The standard InChI is InChI=1S/C16H26N2/c1-13-7-3-6-10-16(13)18(2)12-11-14-8-4-5-9-15(14)17/h4-5,8-9,13,16H,3,6-7,10-12,17H2,1-2H3. The van der Waals surface area contributed by atoms with E-state index < -0.39 is 0 Å². The maximum atomic E-state index is 5.99. The summed E-state index contributed by atoms with van der Waals surface area (Å²) in [7, 11) is 2.27. The number of nitrogens with two attached hydrogens (primary N) is 1. The molecule has 1 fully saturated rings. The molecule has 2 rings (SSSR count). The highest BCUT2D eigenvalue weighted by molar-refractivity contribution is 5.46. The van der Waals surface area contributed by atoms with Crippen LogP contribution in [0, 0.1) is 5.92 Å². The molecule has 2 atom stereocenters. The smallest absolute Gasteiger partial charge is 0.0347 e. The fourth-order valence-corrected chi connectivity index (χ4v) is 3.18. The summed E-state index contributed by atoms with van der Waals surface area (Å²) < 4.78 is 0. The first-order valence-electron chi connectivity index (χ1n) is 7.22. The summed E-state index contributed by atoms with van der Waals surface area (Å²) in [6.07, 6.45) is 6.63. The van der Waals surface area contributed by atoms with Gasteiger partial charge in [-0.3, -0.25) is 0 Å². The molecule has 0 aliphatic heterocycles. The molecule has 1 aromatic rings. The topological polar surface area (TPSA) is 29.3 Å². The third kappa shape index (κ3) is 3.26. The van der Waals surface area contributed by atoms with E-state index >= 15 is 0 Å². The lowest BCUT2D eigenvalue weighted by molar-refractivity contribution is 0.141. The summed E-state index contributed by atoms with van der Waals surface area (Å²) in [5.41, 5.74) is 8.21. The van der Waals surface area contributed by atoms with Gasteiger partial charge in [-0.15, -0.1) is 0 Å². The Balaban J connectivity index is 1.88. The molecular weight excluding hydrogens is 220 g/mol. The van der Waals surface area contributed by atoms with Crippen LogP contribution >= 0.6 is 0 Å². The van der Waals surface area contributed by atoms with E-state index in [2.05, 4.69) is 31.0 Å². The molecule has 2 heteroatoms. The van der Waals surface area contributed by atoms with Crippen LogP contribution in [0.15, 0.2) is 24.3 Å². The Morgan fingerprint density at radius 3 is 2.67 bits per heavy atom. The van der Waals surface area contributed by atoms with Crippen LogP contribution in [0.1, 0.15) is 38.2 Å². The van der Waals surface area contributed by atoms with Crippen molar-refractivity contribution in [2.45, 2.75) is 45.1 Å². The molecule has 100 valence electrons. The normalized spacial score (nSPS) is 24.4. The first kappa shape index (κ1) is 13.4. The van der Waals surface area contributed by atoms with E-state index in [-0.39, 0.29) is 0 Å². The Morgan fingerprint density at radius 1 is 1.22 bits per heavy atom. The highest BCUT2D eigenvalue weighted by Crippen LogP contribution is 2.27. The molecule has 2 nitrogen and oxygen atoms in total. The van der Waals surface area contributed by atoms with Gasteiger partial charge in [-0.05, 0) is 43.9 Å². The Morgan fingerprint density at radius 2 is 1.94 bits per heavy atom. The molecule has 0 amide bonds. The van der Waals surface area contributed by atoms with Crippen molar-refractivity contribution in [2.75, 3.05) is 19.3 Å². The van der Waals surface area contributed by atoms with Crippen LogP contribution < -0.4 is 5.73 Å². The van der Waals surface area contributed by atoms with Crippen LogP contribution in [0.25, 0.3) is 0 Å². The zero-order valence-electron chi connectivity index (χ0n) is 11.7. The predicted octanol–water partition coefficient (Wildman–Crippen LogP) is 3.32. The minimum Gasteiger partial charge on any atom is -0.399 e. The summed E-state index contributed by atoms with van der Waals surface area (Å²) in [6, 6.07) is 9.00. The lowest BCUT2D eigenvalue weighted by Crippen LogP contribution is -2.40. The van der Waals surface area contributed by atoms with Crippen molar-refractivity contribution in [3.8, 4) is 0 Å². The number of para-hydroxylation sites is 1. The van der Waals surface area contributed by atoms with Gasteiger partial charge in [0.15, 0.2) is 0 Å². The van der Waals surface area contributed by atoms with Crippen molar-refractivity contribution >= 4 is 5.69 Å². The highest BCUT2D eigenvalue weighted by Gasteiger charge is 2.24. The third-order valence-electron chi connectivity index (χ3n) is 4.42. The lowest BCUT2D eigenvalue weighted by atomic mass is 9.85. The van der Waals surface area contributed by atoms with Crippen LogP contribution in [0.4, 0.5) is 5.69 Å². The van der Waals surface area contributed by atoms with Crippen molar-refractivity contribution in [2.24, 2.45) is 5.92 Å². The van der Waals surface area contributed by atoms with Crippen LogP contribution in [0.3, 0.4) is 0 Å². The van der Waals surface area contributed by atoms with Gasteiger partial charge in [-0.1, -0.05) is 38.0 Å². The van der Waals surface area contributed by atoms with Gasteiger partial charge in [0.2, 0.25) is 0 Å². The Labute approximate surface area is 111 Å². The molecule has 0 heterocycles. The van der Waals surface area contributed by atoms with E-state index in [0.29, 0.717) is 0 Å². The summed E-state index contributed by atoms with van der Waals surface area (Å²) in [5, 5.41) is 0. The predicted molar refractivity (Wildman–Crippen MR) is 78.6 cm³/mol. The van der Waals surface area contributed by atoms with Crippen molar-refractivity contribution < 1.29 is 0 Å². The molecule has 18 heavy (non-hydrogen) atoms. The second-order valence-corrected chi connectivity index (χ2v) is 5.76. The molecule has 2 unspecified atom stereocenters. The molecule has 1 aromatic carbocycles. The number of anilines is 1.